The number of nitro groups is 1. The van der Waals surface area contributed by atoms with Gasteiger partial charge in [-0.2, -0.15) is 0 Å². The largest absolute Gasteiger partial charge is 0.710 e. The van der Waals surface area contributed by atoms with Gasteiger partial charge in [-0.25, -0.2) is 9.30 Å². The van der Waals surface area contributed by atoms with Gasteiger partial charge in [-0.3, -0.25) is 14.9 Å². The third-order valence-corrected chi connectivity index (χ3v) is 2.92. The first-order valence-electron chi connectivity index (χ1n) is 5.71. The average Bonchev–Trinajstić information content (AvgIpc) is 2.63. The molecule has 0 unspecified atom stereocenters. The van der Waals surface area contributed by atoms with Gasteiger partial charge >= 0.3 is 0 Å². The molecular formula is C12H12N4O4. The van der Waals surface area contributed by atoms with Gasteiger partial charge < -0.3 is 10.5 Å². The molecule has 1 amide bonds. The van der Waals surface area contributed by atoms with Gasteiger partial charge in [0, 0.05) is 24.7 Å². The lowest BCUT2D eigenvalue weighted by molar-refractivity contribution is -0.607. The molecule has 1 aromatic heterocycles. The number of amides is 1. The van der Waals surface area contributed by atoms with Crippen LogP contribution in [0.1, 0.15) is 16.2 Å². The van der Waals surface area contributed by atoms with Gasteiger partial charge in [-0.05, 0) is 12.1 Å². The minimum Gasteiger partial charge on any atom is -0.710 e. The van der Waals surface area contributed by atoms with Crippen molar-refractivity contribution in [1.29, 1.82) is 0 Å². The first kappa shape index (κ1) is 13.5. The van der Waals surface area contributed by atoms with Crippen LogP contribution in [0.4, 0.5) is 11.4 Å². The summed E-state index contributed by atoms with van der Waals surface area (Å²) in [6.07, 6.45) is 1.25. The van der Waals surface area contributed by atoms with E-state index in [9.17, 15) is 20.1 Å². The smallest absolute Gasteiger partial charge is 0.300 e. The lowest BCUT2D eigenvalue weighted by Crippen LogP contribution is -2.34. The van der Waals surface area contributed by atoms with Crippen LogP contribution in [0, 0.1) is 22.2 Å². The molecule has 0 aliphatic rings. The molecule has 0 aliphatic carbocycles. The van der Waals surface area contributed by atoms with Gasteiger partial charge in [-0.15, -0.1) is 0 Å². The van der Waals surface area contributed by atoms with Gasteiger partial charge in [0.2, 0.25) is 12.0 Å². The van der Waals surface area contributed by atoms with Crippen molar-refractivity contribution in [2.45, 2.75) is 6.92 Å². The molecule has 0 atom stereocenters. The monoisotopic (exact) mass is 276 g/mol. The maximum absolute atomic E-state index is 12.0. The van der Waals surface area contributed by atoms with Crippen molar-refractivity contribution < 1.29 is 14.4 Å². The molecule has 0 radical (unpaired) electrons. The third-order valence-electron chi connectivity index (χ3n) is 2.92. The van der Waals surface area contributed by atoms with Crippen molar-refractivity contribution in [3.05, 3.63) is 57.3 Å². The molecule has 104 valence electrons. The van der Waals surface area contributed by atoms with E-state index < -0.39 is 10.8 Å². The standard InChI is InChI=1S/C12H12N4O4/c1-8-11(15(18)7-14(8)2)12(17)13-9-3-5-10(6-4-9)16(19)20/h3-7H,1-2H3,(H,13,17). The number of aryl methyl sites for hydroxylation is 1. The number of anilines is 1. The SMILES string of the molecule is Cc1c(C(=O)Nc2ccc([N+](=O)[O-])cc2)[n+]([O-])cn1C. The second-order valence-electron chi connectivity index (χ2n) is 4.24. The second-order valence-corrected chi connectivity index (χ2v) is 4.24. The summed E-state index contributed by atoms with van der Waals surface area (Å²) >= 11 is 0. The number of benzene rings is 1. The quantitative estimate of drug-likeness (QED) is 0.392. The Bertz CT molecular complexity index is 676. The van der Waals surface area contributed by atoms with Gasteiger partial charge in [0.05, 0.1) is 12.0 Å². The Labute approximate surface area is 114 Å². The zero-order valence-electron chi connectivity index (χ0n) is 10.9. The number of nitrogens with zero attached hydrogens (tertiary/aromatic N) is 3. The van der Waals surface area contributed by atoms with Crippen molar-refractivity contribution in [1.82, 2.24) is 4.57 Å². The maximum Gasteiger partial charge on any atom is 0.300 e. The van der Waals surface area contributed by atoms with Crippen LogP contribution in [0.2, 0.25) is 0 Å². The summed E-state index contributed by atoms with van der Waals surface area (Å²) in [5.74, 6) is -0.563. The maximum atomic E-state index is 12.0. The Morgan fingerprint density at radius 2 is 1.95 bits per heavy atom. The molecule has 0 saturated heterocycles. The average molecular weight is 276 g/mol. The fraction of sp³-hybridized carbons (Fsp3) is 0.167. The summed E-state index contributed by atoms with van der Waals surface area (Å²) < 4.78 is 2.02. The van der Waals surface area contributed by atoms with Crippen molar-refractivity contribution in [3.8, 4) is 0 Å². The van der Waals surface area contributed by atoms with Crippen molar-refractivity contribution in [2.24, 2.45) is 7.05 Å². The number of hydrogen-bond acceptors (Lipinski definition) is 4. The number of nitro benzene ring substituents is 1. The van der Waals surface area contributed by atoms with Crippen molar-refractivity contribution in [2.75, 3.05) is 5.32 Å². The van der Waals surface area contributed by atoms with Crippen molar-refractivity contribution in [3.63, 3.8) is 0 Å². The zero-order valence-corrected chi connectivity index (χ0v) is 10.9. The van der Waals surface area contributed by atoms with Crippen LogP contribution in [0.25, 0.3) is 0 Å². The van der Waals surface area contributed by atoms with Crippen LogP contribution < -0.4 is 10.0 Å². The van der Waals surface area contributed by atoms with Crippen molar-refractivity contribution >= 4 is 17.3 Å². The van der Waals surface area contributed by atoms with E-state index in [4.69, 9.17) is 0 Å². The lowest BCUT2D eigenvalue weighted by Gasteiger charge is -2.05. The first-order chi connectivity index (χ1) is 9.40. The number of carbonyl (C=O) groups is 1. The van der Waals surface area contributed by atoms with E-state index >= 15 is 0 Å². The van der Waals surface area contributed by atoms with E-state index in [1.54, 1.807) is 14.0 Å². The van der Waals surface area contributed by atoms with Gasteiger partial charge in [-0.1, -0.05) is 0 Å². The van der Waals surface area contributed by atoms with Crippen LogP contribution in [-0.4, -0.2) is 15.4 Å². The molecule has 0 bridgehead atoms. The summed E-state index contributed by atoms with van der Waals surface area (Å²) in [5, 5.41) is 24.6. The Kier molecular flexibility index (Phi) is 3.38. The number of non-ortho nitro benzene ring substituents is 1. The van der Waals surface area contributed by atoms with E-state index in [-0.39, 0.29) is 11.4 Å². The fourth-order valence-corrected chi connectivity index (χ4v) is 1.75. The Balaban J connectivity index is 2.21. The first-order valence-corrected chi connectivity index (χ1v) is 5.71. The predicted molar refractivity (Wildman–Crippen MR) is 70.2 cm³/mol. The molecule has 8 nitrogen and oxygen atoms in total. The minimum atomic E-state index is -0.563. The summed E-state index contributed by atoms with van der Waals surface area (Å²) in [6, 6.07) is 5.37. The van der Waals surface area contributed by atoms with Crippen LogP contribution in [0.15, 0.2) is 30.6 Å². The molecule has 8 heteroatoms. The third kappa shape index (κ3) is 2.44. The van der Waals surface area contributed by atoms with E-state index in [1.807, 2.05) is 0 Å². The second kappa shape index (κ2) is 5.00. The lowest BCUT2D eigenvalue weighted by atomic mass is 10.2. The normalized spacial score (nSPS) is 10.3. The zero-order chi connectivity index (χ0) is 14.9. The Hall–Kier alpha value is -2.90. The highest BCUT2D eigenvalue weighted by Crippen LogP contribution is 2.16. The van der Waals surface area contributed by atoms with Crippen LogP contribution in [-0.2, 0) is 7.05 Å². The van der Waals surface area contributed by atoms with Gasteiger partial charge in [0.15, 0.2) is 5.69 Å². The molecule has 1 aromatic carbocycles. The topological polar surface area (TPSA) is 104 Å². The predicted octanol–water partition coefficient (Wildman–Crippen LogP) is 1.13. The van der Waals surface area contributed by atoms with Crippen LogP contribution >= 0.6 is 0 Å². The van der Waals surface area contributed by atoms with Gasteiger partial charge in [0.1, 0.15) is 0 Å². The Morgan fingerprint density at radius 1 is 1.35 bits per heavy atom. The van der Waals surface area contributed by atoms with Crippen LogP contribution in [0.5, 0.6) is 0 Å². The van der Waals surface area contributed by atoms with E-state index in [2.05, 4.69) is 5.32 Å². The number of aromatic nitrogens is 2. The summed E-state index contributed by atoms with van der Waals surface area (Å²) in [5.41, 5.74) is 0.826. The molecule has 0 fully saturated rings. The molecule has 20 heavy (non-hydrogen) atoms. The van der Waals surface area contributed by atoms with E-state index in [1.165, 1.54) is 35.2 Å². The molecule has 2 rings (SSSR count). The van der Waals surface area contributed by atoms with Gasteiger partial charge in [0.25, 0.3) is 11.6 Å². The summed E-state index contributed by atoms with van der Waals surface area (Å²) in [6.45, 7) is 1.65. The van der Waals surface area contributed by atoms with E-state index in [0.717, 1.165) is 0 Å². The molecule has 0 aliphatic heterocycles. The number of nitrogens with one attached hydrogen (secondary N) is 1. The number of hydrogen-bond donors (Lipinski definition) is 1. The fourth-order valence-electron chi connectivity index (χ4n) is 1.75. The molecular weight excluding hydrogens is 264 g/mol. The molecule has 1 N–H and O–H groups in total. The number of rotatable bonds is 3. The molecule has 2 aromatic rings. The van der Waals surface area contributed by atoms with E-state index in [0.29, 0.717) is 16.1 Å². The molecule has 0 saturated carbocycles. The minimum absolute atomic E-state index is 0.00847. The highest BCUT2D eigenvalue weighted by molar-refractivity contribution is 6.02. The molecule has 1 heterocycles. The summed E-state index contributed by atoms with van der Waals surface area (Å²) in [4.78, 5) is 22.0. The number of carbonyl (C=O) groups excluding carboxylic acids is 1. The highest BCUT2D eigenvalue weighted by atomic mass is 16.6. The Morgan fingerprint density at radius 3 is 2.40 bits per heavy atom. The molecule has 0 spiro atoms. The number of imidazole rings is 1. The van der Waals surface area contributed by atoms with Crippen LogP contribution in [0.3, 0.4) is 0 Å². The summed E-state index contributed by atoms with van der Waals surface area (Å²) in [7, 11) is 1.66. The highest BCUT2D eigenvalue weighted by Gasteiger charge is 2.21.